The predicted molar refractivity (Wildman–Crippen MR) is 495 cm³/mol. The van der Waals surface area contributed by atoms with Gasteiger partial charge in [-0.15, -0.1) is 45.3 Å². The zero-order valence-electron chi connectivity index (χ0n) is 72.7. The van der Waals surface area contributed by atoms with E-state index in [1.54, 1.807) is 34.0 Å². The topological polar surface area (TPSA) is 156 Å². The van der Waals surface area contributed by atoms with Crippen LogP contribution in [-0.2, 0) is 11.2 Å². The summed E-state index contributed by atoms with van der Waals surface area (Å²) in [5.41, 5.74) is 18.2. The summed E-state index contributed by atoms with van der Waals surface area (Å²) in [7, 11) is 0. The number of carbonyl (C=O) groups excluding carboxylic acids is 2. The van der Waals surface area contributed by atoms with Gasteiger partial charge in [0.2, 0.25) is 11.6 Å². The normalized spacial score (nSPS) is 15.5. The van der Waals surface area contributed by atoms with Crippen LogP contribution in [0.5, 0.6) is 11.5 Å². The molecule has 0 N–H and O–H groups in total. The second-order valence-electron chi connectivity index (χ2n) is 36.5. The fraction of sp³-hybridized carbons (Fsp3) is 0.510. The highest BCUT2D eigenvalue weighted by molar-refractivity contribution is 7.26. The molecule has 4 aliphatic rings. The fourth-order valence-electron chi connectivity index (χ4n) is 19.3. The van der Waals surface area contributed by atoms with Crippen molar-refractivity contribution in [2.45, 2.75) is 314 Å². The van der Waals surface area contributed by atoms with Crippen LogP contribution in [-0.4, -0.2) is 51.4 Å². The molecule has 0 bridgehead atoms. The molecule has 16 heteroatoms. The molecule has 618 valence electrons. The lowest BCUT2D eigenvalue weighted by molar-refractivity contribution is 0.0324. The molecule has 0 radical (unpaired) electrons. The Morgan fingerprint density at radius 3 is 1.10 bits per heavy atom. The highest BCUT2D eigenvalue weighted by Gasteiger charge is 2.47. The van der Waals surface area contributed by atoms with E-state index in [0.717, 1.165) is 183 Å². The van der Waals surface area contributed by atoms with Gasteiger partial charge < -0.3 is 9.47 Å². The minimum atomic E-state index is -0.759. The monoisotopic (exact) mass is 1650 g/mol. The zero-order valence-corrected chi connectivity index (χ0v) is 76.0. The van der Waals surface area contributed by atoms with Crippen molar-refractivity contribution in [2.24, 2.45) is 23.7 Å². The van der Waals surface area contributed by atoms with Crippen molar-refractivity contribution in [2.75, 3.05) is 0 Å². The van der Waals surface area contributed by atoms with Crippen LogP contribution in [0.15, 0.2) is 72.8 Å². The largest absolute Gasteiger partial charge is 0.481 e. The van der Waals surface area contributed by atoms with Gasteiger partial charge in [-0.1, -0.05) is 258 Å². The summed E-state index contributed by atoms with van der Waals surface area (Å²) in [6, 6.07) is 25.1. The van der Waals surface area contributed by atoms with E-state index < -0.39 is 11.2 Å². The van der Waals surface area contributed by atoms with Crippen molar-refractivity contribution in [3.8, 4) is 84.8 Å². The number of thiophene rings is 4. The first kappa shape index (κ1) is 83.6. The molecule has 8 aromatic heterocycles. The van der Waals surface area contributed by atoms with Gasteiger partial charge in [0, 0.05) is 75.1 Å². The number of hydrogen-bond acceptors (Lipinski definition) is 16. The van der Waals surface area contributed by atoms with Gasteiger partial charge in [-0.2, -0.15) is 0 Å². The van der Waals surface area contributed by atoms with Gasteiger partial charge in [-0.25, -0.2) is 39.9 Å². The smallest absolute Gasteiger partial charge is 0.214 e. The molecule has 2 aliphatic heterocycles. The summed E-state index contributed by atoms with van der Waals surface area (Å²) in [5.74, 6) is 3.67. The third-order valence-electron chi connectivity index (χ3n) is 26.5. The van der Waals surface area contributed by atoms with Crippen LogP contribution in [0.25, 0.3) is 117 Å². The maximum atomic E-state index is 15.2. The van der Waals surface area contributed by atoms with Crippen molar-refractivity contribution in [1.82, 2.24) is 39.9 Å². The van der Waals surface area contributed by atoms with Gasteiger partial charge in [-0.05, 0) is 141 Å². The highest BCUT2D eigenvalue weighted by Crippen LogP contribution is 2.63. The Bertz CT molecular complexity index is 5710. The fourth-order valence-corrected chi connectivity index (χ4v) is 24.3. The lowest BCUT2D eigenvalue weighted by atomic mass is 9.78. The molecule has 2 unspecified atom stereocenters. The summed E-state index contributed by atoms with van der Waals surface area (Å²) in [6.07, 6.45) is 38.3. The molecular formula is C102H122N8O4S4. The van der Waals surface area contributed by atoms with Crippen LogP contribution in [0, 0.1) is 65.2 Å². The van der Waals surface area contributed by atoms with Crippen molar-refractivity contribution in [3.05, 3.63) is 140 Å². The van der Waals surface area contributed by atoms with Crippen LogP contribution in [0.1, 0.15) is 337 Å². The average molecular weight is 1650 g/mol. The Balaban J connectivity index is 0.881. The van der Waals surface area contributed by atoms with E-state index in [-0.39, 0.29) is 11.6 Å². The number of hydrogen-bond donors (Lipinski definition) is 0. The van der Waals surface area contributed by atoms with E-state index in [4.69, 9.17) is 49.3 Å². The van der Waals surface area contributed by atoms with Crippen molar-refractivity contribution >= 4 is 101 Å². The molecule has 12 nitrogen and oxygen atoms in total. The van der Waals surface area contributed by atoms with Gasteiger partial charge in [0.25, 0.3) is 0 Å². The Labute approximate surface area is 716 Å². The van der Waals surface area contributed by atoms with E-state index >= 15 is 4.79 Å². The first-order valence-corrected chi connectivity index (χ1v) is 48.7. The molecule has 4 aromatic carbocycles. The molecule has 0 saturated carbocycles. The number of aryl methyl sites for hydroxylation is 6. The Hall–Kier alpha value is -8.02. The third kappa shape index (κ3) is 16.5. The van der Waals surface area contributed by atoms with Gasteiger partial charge in [0.05, 0.1) is 53.3 Å². The summed E-state index contributed by atoms with van der Waals surface area (Å²) < 4.78 is 16.1. The standard InChI is InChI=1S/C102H122N8O4S4/c1-15-17-19-21-23-25-27-29-31-37-51-101(52-38-32-30-28-26-24-22-20-18-16-2)73-55-63(9)115-97(73)99-75(113-101)57-79(117-99)82-90-89(105-67(13)68(14)106-90)80(91-92(82)110-94-86(108-91)70-46-34-36-48-72(70)96(94)112)77-56-74-98(116-77)100-76(114-102(74,53-49-61(7)43-39-41-59(3)4)54-50-62(8)44-40-42-60(5)6)58-78(118-100)81-87-83(103-65(11)66(12)104-87)64(10)84-88(81)109-93-85(107-84)69-45-33-35-47-71(69)95(93)111/h33-36,45-48,55-62H,15-32,37-44,49-54H2,1-14H3. The molecule has 12 aromatic rings. The molecule has 0 amide bonds. The van der Waals surface area contributed by atoms with Crippen LogP contribution in [0.2, 0.25) is 0 Å². The Kier molecular flexibility index (Phi) is 25.5. The molecule has 2 aliphatic carbocycles. The second kappa shape index (κ2) is 36.0. The minimum absolute atomic E-state index is 0.126. The summed E-state index contributed by atoms with van der Waals surface area (Å²) in [4.78, 5) is 83.5. The molecule has 2 atom stereocenters. The van der Waals surface area contributed by atoms with Crippen LogP contribution < -0.4 is 9.47 Å². The van der Waals surface area contributed by atoms with Crippen LogP contribution in [0.4, 0.5) is 0 Å². The lowest BCUT2D eigenvalue weighted by Gasteiger charge is -2.39. The number of carbonyl (C=O) groups is 2. The molecule has 10 heterocycles. The number of aromatic nitrogens is 8. The van der Waals surface area contributed by atoms with Crippen molar-refractivity contribution < 1.29 is 19.1 Å². The van der Waals surface area contributed by atoms with E-state index in [1.807, 2.05) is 73.7 Å². The van der Waals surface area contributed by atoms with Gasteiger partial charge in [0.1, 0.15) is 78.6 Å². The SMILES string of the molecule is CCCCCCCCCCCCC1(CCCCCCCCCCCC)Oc2cc(-c3c4nc(C)c(C)nc4c(-c4cc5c(s4)-c4sc(-c6c7nc(C)c(C)nc7c(C)c7nc8c(nc67)C(=O)c6ccccc6-8)cc4OC5(CCC(C)CCCC(C)C)CCC(C)CCCC(C)C)c4nc5c(nc34)C(=O)c3ccccc3-5)sc2-c2sc(C)cc21. The molecule has 0 spiro atoms. The summed E-state index contributed by atoms with van der Waals surface area (Å²) >= 11 is 7.16. The predicted octanol–water partition coefficient (Wildman–Crippen LogP) is 30.6. The number of ether oxygens (including phenoxy) is 2. The van der Waals surface area contributed by atoms with Crippen LogP contribution in [0.3, 0.4) is 0 Å². The number of rotatable bonds is 39. The highest BCUT2D eigenvalue weighted by atomic mass is 32.1. The molecule has 0 fully saturated rings. The van der Waals surface area contributed by atoms with E-state index in [2.05, 4.69) is 107 Å². The Morgan fingerprint density at radius 2 is 0.661 bits per heavy atom. The minimum Gasteiger partial charge on any atom is -0.481 e. The first-order valence-electron chi connectivity index (χ1n) is 45.4. The number of unbranched alkanes of at least 4 members (excludes halogenated alkanes) is 18. The number of fused-ring (bicyclic) bond motifs is 16. The zero-order chi connectivity index (χ0) is 82.3. The number of ketones is 2. The molecule has 118 heavy (non-hydrogen) atoms. The van der Waals surface area contributed by atoms with Crippen molar-refractivity contribution in [3.63, 3.8) is 0 Å². The van der Waals surface area contributed by atoms with E-state index in [0.29, 0.717) is 79.6 Å². The lowest BCUT2D eigenvalue weighted by Crippen LogP contribution is -2.36. The number of benzene rings is 4. The van der Waals surface area contributed by atoms with Gasteiger partial charge in [-0.3, -0.25) is 9.59 Å². The van der Waals surface area contributed by atoms with E-state index in [9.17, 15) is 4.79 Å². The van der Waals surface area contributed by atoms with Gasteiger partial charge in [0.15, 0.2) is 0 Å². The average Bonchev–Trinajstić information content (AvgIpc) is 1.51. The summed E-state index contributed by atoms with van der Waals surface area (Å²) in [6.45, 7) is 31.4. The van der Waals surface area contributed by atoms with E-state index in [1.165, 1.54) is 162 Å². The maximum Gasteiger partial charge on any atom is 0.214 e. The van der Waals surface area contributed by atoms with Crippen molar-refractivity contribution in [1.29, 1.82) is 0 Å². The van der Waals surface area contributed by atoms with Crippen LogP contribution >= 0.6 is 45.3 Å². The molecule has 0 saturated heterocycles. The second-order valence-corrected chi connectivity index (χ2v) is 40.9. The molecular weight excluding hydrogens is 1530 g/mol. The number of nitrogens with zero attached hydrogens (tertiary/aromatic N) is 8. The first-order chi connectivity index (χ1) is 57.2. The third-order valence-corrected chi connectivity index (χ3v) is 31.3. The maximum absolute atomic E-state index is 15.2. The van der Waals surface area contributed by atoms with Gasteiger partial charge >= 0.3 is 0 Å². The summed E-state index contributed by atoms with van der Waals surface area (Å²) in [5, 5.41) is 0. The Morgan fingerprint density at radius 1 is 0.331 bits per heavy atom. The molecule has 16 rings (SSSR count). The quantitative estimate of drug-likeness (QED) is 0.0266.